The minimum absolute atomic E-state index is 0.0248. The first-order valence-electron chi connectivity index (χ1n) is 9.88. The van der Waals surface area contributed by atoms with Gasteiger partial charge in [0.15, 0.2) is 5.82 Å². The van der Waals surface area contributed by atoms with Crippen LogP contribution in [-0.2, 0) is 9.59 Å². The predicted molar refractivity (Wildman–Crippen MR) is 132 cm³/mol. The molecule has 1 fully saturated rings. The number of rotatable bonds is 8. The van der Waals surface area contributed by atoms with Crippen molar-refractivity contribution in [2.75, 3.05) is 11.9 Å². The lowest BCUT2D eigenvalue weighted by Crippen LogP contribution is -2.31. The van der Waals surface area contributed by atoms with E-state index in [1.807, 2.05) is 30.3 Å². The van der Waals surface area contributed by atoms with Crippen molar-refractivity contribution in [3.8, 4) is 17.1 Å². The summed E-state index contributed by atoms with van der Waals surface area (Å²) in [5.41, 5.74) is 1.48. The number of anilines is 1. The maximum atomic E-state index is 12.7. The van der Waals surface area contributed by atoms with Gasteiger partial charge in [-0.05, 0) is 35.9 Å². The Morgan fingerprint density at radius 1 is 1.18 bits per heavy atom. The molecule has 2 amide bonds. The molecule has 1 saturated heterocycles. The van der Waals surface area contributed by atoms with Crippen LogP contribution in [0.4, 0.5) is 13.9 Å². The topological polar surface area (TPSA) is 84.4 Å². The number of halogens is 2. The molecule has 0 unspecified atom stereocenters. The lowest BCUT2D eigenvalue weighted by atomic mass is 10.2. The third-order valence-corrected chi connectivity index (χ3v) is 6.55. The summed E-state index contributed by atoms with van der Waals surface area (Å²) in [4.78, 5) is 31.2. The number of aromatic nitrogens is 2. The number of nitrogens with zero attached hydrogens (tertiary/aromatic N) is 3. The van der Waals surface area contributed by atoms with E-state index < -0.39 is 6.61 Å². The number of nitrogens with one attached hydrogen (secondary N) is 1. The van der Waals surface area contributed by atoms with Crippen LogP contribution in [-0.4, -0.2) is 43.5 Å². The fourth-order valence-electron chi connectivity index (χ4n) is 2.97. The molecule has 12 heteroatoms. The number of thiocarbonyl (C=S) groups is 1. The van der Waals surface area contributed by atoms with Gasteiger partial charge in [-0.2, -0.15) is 18.1 Å². The first-order valence-corrected chi connectivity index (χ1v) is 11.9. The number of hydrogen-bond acceptors (Lipinski definition) is 8. The molecule has 0 atom stereocenters. The molecule has 4 rings (SSSR count). The summed E-state index contributed by atoms with van der Waals surface area (Å²) in [5.74, 6) is -0.211. The number of amides is 2. The van der Waals surface area contributed by atoms with Crippen LogP contribution >= 0.6 is 35.5 Å². The molecule has 1 aliphatic rings. The standard InChI is InChI=1S/C22H16F2N4O3S3/c23-20(24)31-15-8-6-14(7-9-15)18-26-21(34-27-18)25-17(29)10-11-28-19(30)16(33-22(28)32)12-13-4-2-1-3-5-13/h1-9,12,20H,10-11H2,(H,25,26,27,29)/b16-12-. The van der Waals surface area contributed by atoms with Crippen LogP contribution < -0.4 is 10.1 Å². The third kappa shape index (κ3) is 6.01. The third-order valence-electron chi connectivity index (χ3n) is 4.54. The predicted octanol–water partition coefficient (Wildman–Crippen LogP) is 5.04. The number of carbonyl (C=O) groups excluding carboxylic acids is 2. The fourth-order valence-corrected chi connectivity index (χ4v) is 4.88. The van der Waals surface area contributed by atoms with Crippen LogP contribution in [0.25, 0.3) is 17.5 Å². The highest BCUT2D eigenvalue weighted by Gasteiger charge is 2.32. The average molecular weight is 519 g/mol. The molecule has 0 bridgehead atoms. The van der Waals surface area contributed by atoms with Gasteiger partial charge in [0.1, 0.15) is 10.1 Å². The first kappa shape index (κ1) is 23.9. The quantitative estimate of drug-likeness (QED) is 0.331. The largest absolute Gasteiger partial charge is 0.435 e. The van der Waals surface area contributed by atoms with E-state index in [4.69, 9.17) is 12.2 Å². The molecule has 3 aromatic rings. The van der Waals surface area contributed by atoms with E-state index >= 15 is 0 Å². The average Bonchev–Trinajstić information content (AvgIpc) is 3.37. The summed E-state index contributed by atoms with van der Waals surface area (Å²) >= 11 is 7.50. The van der Waals surface area contributed by atoms with E-state index in [1.165, 1.54) is 28.8 Å². The number of carbonyl (C=O) groups is 2. The highest BCUT2D eigenvalue weighted by atomic mass is 32.2. The second kappa shape index (κ2) is 10.8. The molecule has 0 aliphatic carbocycles. The Balaban J connectivity index is 1.31. The van der Waals surface area contributed by atoms with Crippen LogP contribution in [0.2, 0.25) is 0 Å². The van der Waals surface area contributed by atoms with Crippen molar-refractivity contribution in [3.63, 3.8) is 0 Å². The van der Waals surface area contributed by atoms with Crippen molar-refractivity contribution >= 4 is 62.9 Å². The van der Waals surface area contributed by atoms with Crippen molar-refractivity contribution < 1.29 is 23.1 Å². The van der Waals surface area contributed by atoms with E-state index in [1.54, 1.807) is 18.2 Å². The summed E-state index contributed by atoms with van der Waals surface area (Å²) in [7, 11) is 0. The Bertz CT molecular complexity index is 1230. The fraction of sp³-hybridized carbons (Fsp3) is 0.136. The van der Waals surface area contributed by atoms with Gasteiger partial charge in [-0.3, -0.25) is 14.5 Å². The Labute approximate surface area is 207 Å². The second-order valence-electron chi connectivity index (χ2n) is 6.87. The van der Waals surface area contributed by atoms with E-state index in [9.17, 15) is 18.4 Å². The molecule has 1 aliphatic heterocycles. The van der Waals surface area contributed by atoms with Crippen molar-refractivity contribution in [2.24, 2.45) is 0 Å². The highest BCUT2D eigenvalue weighted by Crippen LogP contribution is 2.32. The van der Waals surface area contributed by atoms with Gasteiger partial charge in [-0.1, -0.05) is 54.3 Å². The summed E-state index contributed by atoms with van der Waals surface area (Å²) in [6, 6.07) is 15.3. The Kier molecular flexibility index (Phi) is 7.60. The van der Waals surface area contributed by atoms with Crippen LogP contribution in [0.5, 0.6) is 5.75 Å². The minimum atomic E-state index is -2.90. The number of thioether (sulfide) groups is 1. The molecule has 34 heavy (non-hydrogen) atoms. The number of benzene rings is 2. The van der Waals surface area contributed by atoms with Gasteiger partial charge < -0.3 is 10.1 Å². The molecule has 0 saturated carbocycles. The zero-order chi connectivity index (χ0) is 24.1. The van der Waals surface area contributed by atoms with E-state index in [0.29, 0.717) is 20.6 Å². The zero-order valence-corrected chi connectivity index (χ0v) is 19.8. The van der Waals surface area contributed by atoms with E-state index in [-0.39, 0.29) is 35.7 Å². The molecule has 2 aromatic carbocycles. The molecular weight excluding hydrogens is 502 g/mol. The molecule has 1 N–H and O–H groups in total. The van der Waals surface area contributed by atoms with Crippen molar-refractivity contribution in [1.29, 1.82) is 0 Å². The lowest BCUT2D eigenvalue weighted by Gasteiger charge is -2.13. The maximum absolute atomic E-state index is 12.7. The number of hydrogen-bond donors (Lipinski definition) is 1. The lowest BCUT2D eigenvalue weighted by molar-refractivity contribution is -0.122. The van der Waals surface area contributed by atoms with Gasteiger partial charge in [-0.15, -0.1) is 0 Å². The van der Waals surface area contributed by atoms with Gasteiger partial charge in [0.05, 0.1) is 4.91 Å². The van der Waals surface area contributed by atoms with Gasteiger partial charge in [-0.25, -0.2) is 0 Å². The summed E-state index contributed by atoms with van der Waals surface area (Å²) < 4.78 is 33.4. The molecule has 7 nitrogen and oxygen atoms in total. The molecular formula is C22H16F2N4O3S3. The van der Waals surface area contributed by atoms with Crippen molar-refractivity contribution in [2.45, 2.75) is 13.0 Å². The summed E-state index contributed by atoms with van der Waals surface area (Å²) in [6.07, 6.45) is 1.80. The Hall–Kier alpha value is -3.22. The normalized spacial score (nSPS) is 14.8. The second-order valence-corrected chi connectivity index (χ2v) is 9.30. The number of ether oxygens (including phenoxy) is 1. The monoisotopic (exact) mass is 518 g/mol. The van der Waals surface area contributed by atoms with Gasteiger partial charge >= 0.3 is 6.61 Å². The van der Waals surface area contributed by atoms with E-state index in [2.05, 4.69) is 19.4 Å². The van der Waals surface area contributed by atoms with Gasteiger partial charge in [0.25, 0.3) is 5.91 Å². The van der Waals surface area contributed by atoms with Crippen LogP contribution in [0.3, 0.4) is 0 Å². The van der Waals surface area contributed by atoms with Crippen LogP contribution in [0.1, 0.15) is 12.0 Å². The molecule has 0 spiro atoms. The Morgan fingerprint density at radius 3 is 2.62 bits per heavy atom. The minimum Gasteiger partial charge on any atom is -0.435 e. The molecule has 2 heterocycles. The Morgan fingerprint density at radius 2 is 1.91 bits per heavy atom. The smallest absolute Gasteiger partial charge is 0.387 e. The van der Waals surface area contributed by atoms with Crippen molar-refractivity contribution in [3.05, 3.63) is 65.1 Å². The highest BCUT2D eigenvalue weighted by molar-refractivity contribution is 8.26. The molecule has 1 aromatic heterocycles. The van der Waals surface area contributed by atoms with Crippen LogP contribution in [0, 0.1) is 0 Å². The van der Waals surface area contributed by atoms with Gasteiger partial charge in [0.2, 0.25) is 11.0 Å². The number of alkyl halides is 2. The maximum Gasteiger partial charge on any atom is 0.387 e. The van der Waals surface area contributed by atoms with Crippen LogP contribution in [0.15, 0.2) is 59.5 Å². The molecule has 0 radical (unpaired) electrons. The zero-order valence-electron chi connectivity index (χ0n) is 17.3. The van der Waals surface area contributed by atoms with E-state index in [0.717, 1.165) is 17.1 Å². The van der Waals surface area contributed by atoms with Gasteiger partial charge in [0, 0.05) is 30.1 Å². The summed E-state index contributed by atoms with van der Waals surface area (Å²) in [6.45, 7) is -2.76. The molecule has 174 valence electrons. The first-order chi connectivity index (χ1) is 16.4. The summed E-state index contributed by atoms with van der Waals surface area (Å²) in [5, 5.41) is 2.93. The SMILES string of the molecule is O=C(CCN1C(=O)/C(=C/c2ccccc2)SC1=S)Nc1nc(-c2ccc(OC(F)F)cc2)ns1. The van der Waals surface area contributed by atoms with Crippen molar-refractivity contribution in [1.82, 2.24) is 14.3 Å².